The predicted octanol–water partition coefficient (Wildman–Crippen LogP) is 3.82. The lowest BCUT2D eigenvalue weighted by Crippen LogP contribution is -2.47. The first-order chi connectivity index (χ1) is 14.3. The number of amides is 2. The molecule has 7 heteroatoms. The van der Waals surface area contributed by atoms with E-state index in [0.717, 1.165) is 11.1 Å². The highest BCUT2D eigenvalue weighted by atomic mass is 16.6. The van der Waals surface area contributed by atoms with Crippen LogP contribution in [0.2, 0.25) is 0 Å². The maximum absolute atomic E-state index is 12.5. The molecular weight excluding hydrogens is 384 g/mol. The van der Waals surface area contributed by atoms with Crippen molar-refractivity contribution in [1.29, 1.82) is 0 Å². The van der Waals surface area contributed by atoms with E-state index in [9.17, 15) is 14.4 Å². The lowest BCUT2D eigenvalue weighted by atomic mass is 10.1. The summed E-state index contributed by atoms with van der Waals surface area (Å²) >= 11 is 0. The molecule has 30 heavy (non-hydrogen) atoms. The first kappa shape index (κ1) is 22.9. The molecule has 0 unspecified atom stereocenters. The Morgan fingerprint density at radius 2 is 1.57 bits per heavy atom. The van der Waals surface area contributed by atoms with Gasteiger partial charge in [0.2, 0.25) is 0 Å². The number of esters is 1. The molecule has 2 aromatic rings. The van der Waals surface area contributed by atoms with Gasteiger partial charge in [0.05, 0.1) is 0 Å². The fraction of sp³-hybridized carbons (Fsp3) is 0.348. The molecule has 0 fully saturated rings. The molecule has 0 heterocycles. The van der Waals surface area contributed by atoms with Gasteiger partial charge in [0.25, 0.3) is 5.91 Å². The molecule has 0 aromatic heterocycles. The molecule has 0 aliphatic carbocycles. The van der Waals surface area contributed by atoms with E-state index >= 15 is 0 Å². The van der Waals surface area contributed by atoms with Crippen molar-refractivity contribution in [3.05, 3.63) is 65.7 Å². The molecule has 2 rings (SSSR count). The highest BCUT2D eigenvalue weighted by Gasteiger charge is 2.29. The van der Waals surface area contributed by atoms with Crippen molar-refractivity contribution in [2.75, 3.05) is 5.32 Å². The lowest BCUT2D eigenvalue weighted by molar-refractivity contribution is -0.156. The van der Waals surface area contributed by atoms with Crippen LogP contribution in [-0.2, 0) is 25.7 Å². The van der Waals surface area contributed by atoms with Gasteiger partial charge < -0.3 is 20.1 Å². The Balaban J connectivity index is 1.88. The zero-order chi connectivity index (χ0) is 22.1. The highest BCUT2D eigenvalue weighted by molar-refractivity contribution is 5.95. The van der Waals surface area contributed by atoms with Gasteiger partial charge in [-0.15, -0.1) is 0 Å². The Bertz CT molecular complexity index is 850. The summed E-state index contributed by atoms with van der Waals surface area (Å²) in [7, 11) is 0. The number of carbonyl (C=O) groups excluding carboxylic acids is 3. The highest BCUT2D eigenvalue weighted by Crippen LogP contribution is 2.11. The normalized spacial score (nSPS) is 12.6. The van der Waals surface area contributed by atoms with Gasteiger partial charge in [-0.05, 0) is 37.5 Å². The summed E-state index contributed by atoms with van der Waals surface area (Å²) < 4.78 is 10.4. The molecule has 2 amide bonds. The molecule has 0 spiro atoms. The number of anilines is 1. The minimum absolute atomic E-state index is 0.0852. The molecular formula is C23H28N2O5. The van der Waals surface area contributed by atoms with Crippen molar-refractivity contribution in [1.82, 2.24) is 5.32 Å². The molecule has 0 saturated heterocycles. The van der Waals surface area contributed by atoms with Gasteiger partial charge in [0.1, 0.15) is 12.6 Å². The largest absolute Gasteiger partial charge is 0.451 e. The Labute approximate surface area is 176 Å². The number of rotatable bonds is 8. The molecule has 7 nitrogen and oxygen atoms in total. The maximum Gasteiger partial charge on any atom is 0.408 e. The van der Waals surface area contributed by atoms with Crippen molar-refractivity contribution in [3.63, 3.8) is 0 Å². The third-order valence-corrected chi connectivity index (χ3v) is 4.39. The van der Waals surface area contributed by atoms with Crippen LogP contribution in [0, 0.1) is 12.8 Å². The number of ether oxygens (including phenoxy) is 2. The van der Waals surface area contributed by atoms with Crippen LogP contribution in [0.1, 0.15) is 31.9 Å². The van der Waals surface area contributed by atoms with Gasteiger partial charge >= 0.3 is 12.1 Å². The summed E-state index contributed by atoms with van der Waals surface area (Å²) in [5.41, 5.74) is 2.51. The van der Waals surface area contributed by atoms with Crippen LogP contribution in [-0.4, -0.2) is 30.1 Å². The van der Waals surface area contributed by atoms with Crippen LogP contribution >= 0.6 is 0 Å². The Kier molecular flexibility index (Phi) is 8.41. The van der Waals surface area contributed by atoms with Crippen LogP contribution in [0.4, 0.5) is 10.5 Å². The smallest absolute Gasteiger partial charge is 0.408 e. The SMILES string of the molecule is Cc1ccc(NC(=O)[C@@H](C)OC(=O)[C@@H](NC(=O)OCc2ccccc2)C(C)C)cc1. The lowest BCUT2D eigenvalue weighted by Gasteiger charge is -2.22. The van der Waals surface area contributed by atoms with Crippen molar-refractivity contribution in [2.24, 2.45) is 5.92 Å². The summed E-state index contributed by atoms with van der Waals surface area (Å²) in [5.74, 6) is -1.41. The third-order valence-electron chi connectivity index (χ3n) is 4.39. The van der Waals surface area contributed by atoms with Gasteiger partial charge in [-0.1, -0.05) is 61.9 Å². The zero-order valence-electron chi connectivity index (χ0n) is 17.7. The van der Waals surface area contributed by atoms with Crippen LogP contribution in [0.3, 0.4) is 0 Å². The fourth-order valence-electron chi connectivity index (χ4n) is 2.57. The predicted molar refractivity (Wildman–Crippen MR) is 114 cm³/mol. The number of alkyl carbamates (subject to hydrolysis) is 1. The molecule has 0 radical (unpaired) electrons. The molecule has 2 atom stereocenters. The second-order valence-electron chi connectivity index (χ2n) is 7.36. The first-order valence-electron chi connectivity index (χ1n) is 9.81. The number of benzene rings is 2. The van der Waals surface area contributed by atoms with Crippen LogP contribution in [0.25, 0.3) is 0 Å². The zero-order valence-corrected chi connectivity index (χ0v) is 17.7. The van der Waals surface area contributed by atoms with Crippen LogP contribution in [0.15, 0.2) is 54.6 Å². The number of aryl methyl sites for hydroxylation is 1. The van der Waals surface area contributed by atoms with E-state index < -0.39 is 30.1 Å². The minimum Gasteiger partial charge on any atom is -0.451 e. The quantitative estimate of drug-likeness (QED) is 0.643. The van der Waals surface area contributed by atoms with Gasteiger partial charge in [0.15, 0.2) is 6.10 Å². The number of hydrogen-bond acceptors (Lipinski definition) is 5. The van der Waals surface area contributed by atoms with Crippen molar-refractivity contribution in [2.45, 2.75) is 46.4 Å². The maximum atomic E-state index is 12.5. The molecule has 0 saturated carbocycles. The summed E-state index contributed by atoms with van der Waals surface area (Å²) in [5, 5.41) is 5.21. The van der Waals surface area contributed by atoms with E-state index in [2.05, 4.69) is 10.6 Å². The van der Waals surface area contributed by atoms with Gasteiger partial charge in [-0.3, -0.25) is 4.79 Å². The van der Waals surface area contributed by atoms with Crippen molar-refractivity contribution >= 4 is 23.7 Å². The van der Waals surface area contributed by atoms with Crippen molar-refractivity contribution in [3.8, 4) is 0 Å². The Hall–Kier alpha value is -3.35. The molecule has 2 aromatic carbocycles. The average molecular weight is 412 g/mol. The summed E-state index contributed by atoms with van der Waals surface area (Å²) in [6.45, 7) is 7.04. The standard InChI is InChI=1S/C23H28N2O5/c1-15(2)20(25-23(28)29-14-18-8-6-5-7-9-18)22(27)30-17(4)21(26)24-19-12-10-16(3)11-13-19/h5-13,15,17,20H,14H2,1-4H3,(H,24,26)(H,25,28)/t17-,20+/m1/s1. The van der Waals surface area contributed by atoms with E-state index in [1.165, 1.54) is 6.92 Å². The Morgan fingerprint density at radius 3 is 2.17 bits per heavy atom. The molecule has 0 bridgehead atoms. The fourth-order valence-corrected chi connectivity index (χ4v) is 2.57. The second kappa shape index (κ2) is 11.0. The van der Waals surface area contributed by atoms with E-state index in [4.69, 9.17) is 9.47 Å². The summed E-state index contributed by atoms with van der Waals surface area (Å²) in [6.07, 6.45) is -1.76. The average Bonchev–Trinajstić information content (AvgIpc) is 2.72. The molecule has 0 aliphatic rings. The van der Waals surface area contributed by atoms with E-state index in [1.807, 2.05) is 49.4 Å². The second-order valence-corrected chi connectivity index (χ2v) is 7.36. The third kappa shape index (κ3) is 7.24. The number of carbonyl (C=O) groups is 3. The number of nitrogens with one attached hydrogen (secondary N) is 2. The monoisotopic (exact) mass is 412 g/mol. The minimum atomic E-state index is -1.03. The van der Waals surface area contributed by atoms with E-state index in [1.54, 1.807) is 26.0 Å². The molecule has 0 aliphatic heterocycles. The summed E-state index contributed by atoms with van der Waals surface area (Å²) in [6, 6.07) is 15.5. The topological polar surface area (TPSA) is 93.7 Å². The van der Waals surface area contributed by atoms with E-state index in [0.29, 0.717) is 5.69 Å². The van der Waals surface area contributed by atoms with E-state index in [-0.39, 0.29) is 12.5 Å². The van der Waals surface area contributed by atoms with Crippen LogP contribution in [0.5, 0.6) is 0 Å². The van der Waals surface area contributed by atoms with Gasteiger partial charge in [0, 0.05) is 5.69 Å². The van der Waals surface area contributed by atoms with Crippen molar-refractivity contribution < 1.29 is 23.9 Å². The van der Waals surface area contributed by atoms with Crippen LogP contribution < -0.4 is 10.6 Å². The van der Waals surface area contributed by atoms with Gasteiger partial charge in [-0.2, -0.15) is 0 Å². The molecule has 160 valence electrons. The Morgan fingerprint density at radius 1 is 0.933 bits per heavy atom. The molecule has 2 N–H and O–H groups in total. The first-order valence-corrected chi connectivity index (χ1v) is 9.81. The number of hydrogen-bond donors (Lipinski definition) is 2. The van der Waals surface area contributed by atoms with Gasteiger partial charge in [-0.25, -0.2) is 9.59 Å². The summed E-state index contributed by atoms with van der Waals surface area (Å²) in [4.78, 5) is 36.9.